The zero-order chi connectivity index (χ0) is 23.5. The molecular weight excluding hydrogens is 419 g/mol. The Morgan fingerprint density at radius 1 is 1.00 bits per heavy atom. The van der Waals surface area contributed by atoms with Gasteiger partial charge in [0.2, 0.25) is 5.91 Å². The van der Waals surface area contributed by atoms with E-state index >= 15 is 4.39 Å². The molecule has 3 aliphatic rings. The number of amides is 2. The Labute approximate surface area is 196 Å². The molecule has 0 unspecified atom stereocenters. The molecule has 2 saturated carbocycles. The van der Waals surface area contributed by atoms with E-state index in [4.69, 9.17) is 0 Å². The third-order valence-electron chi connectivity index (χ3n) is 7.66. The first kappa shape index (κ1) is 23.9. The van der Waals surface area contributed by atoms with Crippen LogP contribution in [0.4, 0.5) is 4.39 Å². The molecular formula is C27H37FN2O3. The monoisotopic (exact) mass is 456 g/mol. The summed E-state index contributed by atoms with van der Waals surface area (Å²) in [7, 11) is 0. The van der Waals surface area contributed by atoms with Crippen LogP contribution in [-0.2, 0) is 9.59 Å². The summed E-state index contributed by atoms with van der Waals surface area (Å²) in [5.74, 6) is -0.845. The van der Waals surface area contributed by atoms with Crippen LogP contribution in [0.25, 0.3) is 0 Å². The minimum Gasteiger partial charge on any atom is -0.342 e. The average Bonchev–Trinajstić information content (AvgIpc) is 3.68. The predicted molar refractivity (Wildman–Crippen MR) is 125 cm³/mol. The van der Waals surface area contributed by atoms with Gasteiger partial charge in [0, 0.05) is 30.8 Å². The molecule has 1 N–H and O–H groups in total. The molecule has 1 aromatic carbocycles. The summed E-state index contributed by atoms with van der Waals surface area (Å²) in [4.78, 5) is 40.5. The molecule has 1 saturated heterocycles. The van der Waals surface area contributed by atoms with Crippen molar-refractivity contribution in [1.82, 2.24) is 10.2 Å². The van der Waals surface area contributed by atoms with E-state index in [0.717, 1.165) is 64.3 Å². The van der Waals surface area contributed by atoms with Crippen LogP contribution >= 0.6 is 0 Å². The highest BCUT2D eigenvalue weighted by molar-refractivity contribution is 5.98. The largest absolute Gasteiger partial charge is 0.342 e. The van der Waals surface area contributed by atoms with E-state index in [1.54, 1.807) is 12.1 Å². The number of likely N-dealkylation sites (tertiary alicyclic amines) is 1. The molecule has 3 fully saturated rings. The Kier molecular flexibility index (Phi) is 7.50. The van der Waals surface area contributed by atoms with E-state index in [-0.39, 0.29) is 40.9 Å². The van der Waals surface area contributed by atoms with Crippen molar-refractivity contribution in [3.63, 3.8) is 0 Å². The number of carbonyl (C=O) groups excluding carboxylic acids is 3. The summed E-state index contributed by atoms with van der Waals surface area (Å²) in [5.41, 5.74) is 0.496. The average molecular weight is 457 g/mol. The van der Waals surface area contributed by atoms with Crippen molar-refractivity contribution in [2.75, 3.05) is 13.1 Å². The summed E-state index contributed by atoms with van der Waals surface area (Å²) in [6.07, 6.45) is 8.66. The van der Waals surface area contributed by atoms with Gasteiger partial charge in [-0.3, -0.25) is 14.4 Å². The van der Waals surface area contributed by atoms with Gasteiger partial charge in [0.15, 0.2) is 5.78 Å². The smallest absolute Gasteiger partial charge is 0.254 e. The maximum absolute atomic E-state index is 15.6. The van der Waals surface area contributed by atoms with E-state index in [1.165, 1.54) is 6.07 Å². The first-order valence-electron chi connectivity index (χ1n) is 12.8. The molecule has 0 spiro atoms. The second-order valence-corrected chi connectivity index (χ2v) is 10.5. The summed E-state index contributed by atoms with van der Waals surface area (Å²) in [5, 5.41) is 2.91. The minimum absolute atomic E-state index is 0.00416. The van der Waals surface area contributed by atoms with E-state index in [0.29, 0.717) is 12.1 Å². The number of hydrogen-bond donors (Lipinski definition) is 1. The van der Waals surface area contributed by atoms with Gasteiger partial charge in [-0.2, -0.15) is 0 Å². The first-order chi connectivity index (χ1) is 15.9. The number of nitrogens with one attached hydrogen (secondary N) is 1. The molecule has 2 amide bonds. The van der Waals surface area contributed by atoms with Crippen LogP contribution in [-0.4, -0.2) is 41.6 Å². The highest BCUT2D eigenvalue weighted by Gasteiger charge is 2.37. The number of benzene rings is 1. The second kappa shape index (κ2) is 10.4. The molecule has 1 heterocycles. The lowest BCUT2D eigenvalue weighted by Crippen LogP contribution is -2.48. The normalized spacial score (nSPS) is 22.8. The number of ketones is 1. The zero-order valence-electron chi connectivity index (χ0n) is 19.9. The molecule has 1 aliphatic heterocycles. The Morgan fingerprint density at radius 2 is 1.73 bits per heavy atom. The molecule has 1 aromatic rings. The van der Waals surface area contributed by atoms with Crippen molar-refractivity contribution < 1.29 is 18.8 Å². The number of nitrogens with zero attached hydrogens (tertiary/aromatic N) is 1. The summed E-state index contributed by atoms with van der Waals surface area (Å²) >= 11 is 0. The van der Waals surface area contributed by atoms with Gasteiger partial charge in [0.25, 0.3) is 5.91 Å². The van der Waals surface area contributed by atoms with Crippen molar-refractivity contribution in [2.45, 2.75) is 83.6 Å². The fourth-order valence-corrected chi connectivity index (χ4v) is 5.53. The molecule has 5 nitrogen and oxygen atoms in total. The Balaban J connectivity index is 1.51. The third kappa shape index (κ3) is 5.47. The maximum atomic E-state index is 15.6. The fourth-order valence-electron chi connectivity index (χ4n) is 5.53. The lowest BCUT2D eigenvalue weighted by molar-refractivity contribution is -0.133. The number of carbonyl (C=O) groups is 3. The summed E-state index contributed by atoms with van der Waals surface area (Å²) < 4.78 is 15.6. The van der Waals surface area contributed by atoms with Gasteiger partial charge in [0.1, 0.15) is 5.82 Å². The van der Waals surface area contributed by atoms with Gasteiger partial charge in [0.05, 0.1) is 11.6 Å². The summed E-state index contributed by atoms with van der Waals surface area (Å²) in [6, 6.07) is 4.39. The lowest BCUT2D eigenvalue weighted by atomic mass is 9.80. The van der Waals surface area contributed by atoms with Crippen LogP contribution in [0.1, 0.15) is 93.5 Å². The highest BCUT2D eigenvalue weighted by atomic mass is 19.1. The SMILES string of the molecule is CC(C)C(=O)[C@H](NC(=O)c1cccc([C@@H]2CCCN(C(=O)C3CC3)C2)c1F)C1CCCCC1. The number of halogens is 1. The molecule has 4 rings (SSSR count). The van der Waals surface area contributed by atoms with E-state index < -0.39 is 17.8 Å². The van der Waals surface area contributed by atoms with Gasteiger partial charge in [-0.1, -0.05) is 45.2 Å². The van der Waals surface area contributed by atoms with Gasteiger partial charge in [-0.15, -0.1) is 0 Å². The lowest BCUT2D eigenvalue weighted by Gasteiger charge is -2.33. The van der Waals surface area contributed by atoms with Crippen molar-refractivity contribution >= 4 is 17.6 Å². The maximum Gasteiger partial charge on any atom is 0.254 e. The van der Waals surface area contributed by atoms with Gasteiger partial charge in [-0.25, -0.2) is 4.39 Å². The van der Waals surface area contributed by atoms with Crippen molar-refractivity contribution in [3.8, 4) is 0 Å². The molecule has 6 heteroatoms. The Hall–Kier alpha value is -2.24. The van der Waals surface area contributed by atoms with E-state index in [1.807, 2.05) is 18.7 Å². The molecule has 0 bridgehead atoms. The van der Waals surface area contributed by atoms with Crippen LogP contribution in [0.15, 0.2) is 18.2 Å². The molecule has 0 radical (unpaired) electrons. The van der Waals surface area contributed by atoms with Crippen LogP contribution < -0.4 is 5.32 Å². The number of Topliss-reactive ketones (excluding diaryl/α,β-unsaturated/α-hetero) is 1. The molecule has 2 aliphatic carbocycles. The molecule has 180 valence electrons. The van der Waals surface area contributed by atoms with E-state index in [2.05, 4.69) is 5.32 Å². The van der Waals surface area contributed by atoms with E-state index in [9.17, 15) is 14.4 Å². The van der Waals surface area contributed by atoms with Crippen molar-refractivity contribution in [3.05, 3.63) is 35.1 Å². The van der Waals surface area contributed by atoms with Gasteiger partial charge < -0.3 is 10.2 Å². The van der Waals surface area contributed by atoms with Crippen LogP contribution in [0.5, 0.6) is 0 Å². The van der Waals surface area contributed by atoms with Gasteiger partial charge in [-0.05, 0) is 56.1 Å². The molecule has 33 heavy (non-hydrogen) atoms. The fraction of sp³-hybridized carbons (Fsp3) is 0.667. The third-order valence-corrected chi connectivity index (χ3v) is 7.66. The molecule has 0 aromatic heterocycles. The predicted octanol–water partition coefficient (Wildman–Crippen LogP) is 4.85. The Morgan fingerprint density at radius 3 is 2.39 bits per heavy atom. The topological polar surface area (TPSA) is 66.5 Å². The zero-order valence-corrected chi connectivity index (χ0v) is 19.9. The van der Waals surface area contributed by atoms with Crippen LogP contribution in [0.2, 0.25) is 0 Å². The van der Waals surface area contributed by atoms with Gasteiger partial charge >= 0.3 is 0 Å². The molecule has 2 atom stereocenters. The quantitative estimate of drug-likeness (QED) is 0.638. The minimum atomic E-state index is -0.567. The standard InChI is InChI=1S/C27H37FN2O3/c1-17(2)25(31)24(18-8-4-3-5-9-18)29-26(32)22-12-6-11-21(23(22)28)20-10-7-15-30(16-20)27(33)19-13-14-19/h6,11-12,17-20,24H,3-5,7-10,13-16H2,1-2H3,(H,29,32)/t20-,24-/m1/s1. The van der Waals surface area contributed by atoms with Crippen molar-refractivity contribution in [1.29, 1.82) is 0 Å². The Bertz CT molecular complexity index is 889. The van der Waals surface area contributed by atoms with Crippen LogP contribution in [0, 0.1) is 23.6 Å². The number of rotatable bonds is 7. The second-order valence-electron chi connectivity index (χ2n) is 10.5. The number of hydrogen-bond acceptors (Lipinski definition) is 3. The summed E-state index contributed by atoms with van der Waals surface area (Å²) in [6.45, 7) is 4.94. The van der Waals surface area contributed by atoms with Crippen molar-refractivity contribution in [2.24, 2.45) is 17.8 Å². The highest BCUT2D eigenvalue weighted by Crippen LogP contribution is 2.35. The first-order valence-corrected chi connectivity index (χ1v) is 12.8. The van der Waals surface area contributed by atoms with Crippen LogP contribution in [0.3, 0.4) is 0 Å². The number of piperidine rings is 1.